The summed E-state index contributed by atoms with van der Waals surface area (Å²) >= 11 is 0. The third kappa shape index (κ3) is 2.74. The molecule has 0 bridgehead atoms. The van der Waals surface area contributed by atoms with E-state index in [9.17, 15) is 13.2 Å². The van der Waals surface area contributed by atoms with E-state index in [-0.39, 0.29) is 0 Å². The third-order valence-electron chi connectivity index (χ3n) is 1.25. The SMILES string of the molecule is O=CC(F)(F)F.c1cc2cc-2c1. The Morgan fingerprint density at radius 1 is 1.17 bits per heavy atom. The lowest BCUT2D eigenvalue weighted by molar-refractivity contribution is -0.156. The molecule has 1 nitrogen and oxygen atoms in total. The van der Waals surface area contributed by atoms with E-state index in [4.69, 9.17) is 4.79 Å². The van der Waals surface area contributed by atoms with Gasteiger partial charge in [-0.3, -0.25) is 4.79 Å². The first-order valence-corrected chi connectivity index (χ1v) is 3.16. The van der Waals surface area contributed by atoms with Gasteiger partial charge in [-0.2, -0.15) is 13.2 Å². The van der Waals surface area contributed by atoms with Crippen molar-refractivity contribution in [1.82, 2.24) is 0 Å². The molecule has 2 aliphatic rings. The van der Waals surface area contributed by atoms with Gasteiger partial charge in [0.25, 0.3) is 0 Å². The standard InChI is InChI=1S/C6H4.C2HF3O/c1-2-5-4-6(5)3-1;3-2(4,5)1-6/h1-4H;1H. The molecular formula is C8H5F3O. The first-order valence-electron chi connectivity index (χ1n) is 3.16. The topological polar surface area (TPSA) is 17.1 Å². The second-order valence-corrected chi connectivity index (χ2v) is 2.24. The molecule has 0 aromatic carbocycles. The highest BCUT2D eigenvalue weighted by Gasteiger charge is 2.24. The fraction of sp³-hybridized carbons (Fsp3) is 0.125. The molecule has 0 aliphatic heterocycles. The van der Waals surface area contributed by atoms with Crippen molar-refractivity contribution in [2.24, 2.45) is 0 Å². The number of aldehydes is 1. The van der Waals surface area contributed by atoms with Gasteiger partial charge in [-0.1, -0.05) is 18.2 Å². The van der Waals surface area contributed by atoms with Gasteiger partial charge in [0.2, 0.25) is 6.29 Å². The summed E-state index contributed by atoms with van der Waals surface area (Å²) in [6.45, 7) is 0. The predicted octanol–water partition coefficient (Wildman–Crippen LogP) is 2.41. The van der Waals surface area contributed by atoms with E-state index in [1.807, 2.05) is 0 Å². The van der Waals surface area contributed by atoms with Gasteiger partial charge < -0.3 is 0 Å². The molecule has 0 aromatic heterocycles. The molecule has 0 unspecified atom stereocenters. The molecule has 12 heavy (non-hydrogen) atoms. The van der Waals surface area contributed by atoms with E-state index in [0.717, 1.165) is 0 Å². The lowest BCUT2D eigenvalue weighted by Crippen LogP contribution is -2.07. The smallest absolute Gasteiger partial charge is 0.293 e. The summed E-state index contributed by atoms with van der Waals surface area (Å²) in [5.74, 6) is 0. The van der Waals surface area contributed by atoms with Crippen molar-refractivity contribution in [3.05, 3.63) is 24.3 Å². The van der Waals surface area contributed by atoms with Crippen LogP contribution in [0.5, 0.6) is 0 Å². The number of rotatable bonds is 0. The van der Waals surface area contributed by atoms with Gasteiger partial charge in [-0.25, -0.2) is 0 Å². The zero-order chi connectivity index (χ0) is 9.19. The second-order valence-electron chi connectivity index (χ2n) is 2.24. The van der Waals surface area contributed by atoms with Gasteiger partial charge in [-0.05, 0) is 17.2 Å². The van der Waals surface area contributed by atoms with E-state index in [1.54, 1.807) is 0 Å². The number of halogens is 3. The Balaban J connectivity index is 0.000000120. The minimum atomic E-state index is -4.64. The summed E-state index contributed by atoms with van der Waals surface area (Å²) in [7, 11) is 0. The van der Waals surface area contributed by atoms with E-state index in [1.165, 1.54) is 11.1 Å². The minimum absolute atomic E-state index is 1.06. The monoisotopic (exact) mass is 174 g/mol. The van der Waals surface area contributed by atoms with Gasteiger partial charge in [-0.15, -0.1) is 0 Å². The first-order chi connectivity index (χ1) is 5.53. The summed E-state index contributed by atoms with van der Waals surface area (Å²) in [5.41, 5.74) is 2.85. The maximum Gasteiger partial charge on any atom is 0.446 e. The molecule has 0 radical (unpaired) electrons. The van der Waals surface area contributed by atoms with Crippen LogP contribution in [0.15, 0.2) is 24.3 Å². The summed E-state index contributed by atoms with van der Waals surface area (Å²) < 4.78 is 31.2. The average Bonchev–Trinajstić information content (AvgIpc) is 2.60. The van der Waals surface area contributed by atoms with Crippen molar-refractivity contribution in [1.29, 1.82) is 0 Å². The number of benzene rings is 1. The van der Waals surface area contributed by atoms with E-state index < -0.39 is 12.5 Å². The Morgan fingerprint density at radius 2 is 1.58 bits per heavy atom. The van der Waals surface area contributed by atoms with Crippen molar-refractivity contribution in [3.63, 3.8) is 0 Å². The molecule has 2 aliphatic carbocycles. The number of carbonyl (C=O) groups excluding carboxylic acids is 1. The number of fused-ring (bicyclic) bond motifs is 1. The van der Waals surface area contributed by atoms with Crippen LogP contribution in [0.3, 0.4) is 0 Å². The maximum absolute atomic E-state index is 10.4. The van der Waals surface area contributed by atoms with Crippen LogP contribution in [0.25, 0.3) is 11.1 Å². The Bertz CT molecular complexity index is 273. The quantitative estimate of drug-likeness (QED) is 0.560. The highest BCUT2D eigenvalue weighted by atomic mass is 19.4. The fourth-order valence-corrected chi connectivity index (χ4v) is 0.676. The highest BCUT2D eigenvalue weighted by molar-refractivity contribution is 5.80. The van der Waals surface area contributed by atoms with Crippen LogP contribution >= 0.6 is 0 Å². The highest BCUT2D eigenvalue weighted by Crippen LogP contribution is 2.32. The van der Waals surface area contributed by atoms with Gasteiger partial charge >= 0.3 is 6.18 Å². The van der Waals surface area contributed by atoms with Crippen molar-refractivity contribution < 1.29 is 18.0 Å². The molecule has 0 fully saturated rings. The fourth-order valence-electron chi connectivity index (χ4n) is 0.676. The van der Waals surface area contributed by atoms with Gasteiger partial charge in [0, 0.05) is 0 Å². The van der Waals surface area contributed by atoms with Crippen molar-refractivity contribution >= 4 is 6.29 Å². The molecule has 0 saturated heterocycles. The predicted molar refractivity (Wildman–Crippen MR) is 37.6 cm³/mol. The van der Waals surface area contributed by atoms with Gasteiger partial charge in [0.1, 0.15) is 0 Å². The number of alkyl halides is 3. The van der Waals surface area contributed by atoms with E-state index in [2.05, 4.69) is 24.3 Å². The van der Waals surface area contributed by atoms with Crippen molar-refractivity contribution in [2.75, 3.05) is 0 Å². The molecule has 0 saturated carbocycles. The van der Waals surface area contributed by atoms with Crippen LogP contribution in [-0.2, 0) is 4.79 Å². The number of hydrogen-bond donors (Lipinski definition) is 0. The molecule has 0 spiro atoms. The van der Waals surface area contributed by atoms with Crippen LogP contribution < -0.4 is 0 Å². The zero-order valence-corrected chi connectivity index (χ0v) is 5.93. The van der Waals surface area contributed by atoms with Crippen LogP contribution in [0.2, 0.25) is 0 Å². The summed E-state index contributed by atoms with van der Waals surface area (Å²) in [5, 5.41) is 0. The zero-order valence-electron chi connectivity index (χ0n) is 5.93. The molecule has 0 aromatic rings. The normalized spacial score (nSPS) is 11.2. The van der Waals surface area contributed by atoms with E-state index >= 15 is 0 Å². The maximum atomic E-state index is 10.4. The molecule has 2 rings (SSSR count). The first kappa shape index (κ1) is 8.77. The largest absolute Gasteiger partial charge is 0.446 e. The molecule has 64 valence electrons. The van der Waals surface area contributed by atoms with Crippen LogP contribution in [0, 0.1) is 0 Å². The lowest BCUT2D eigenvalue weighted by atomic mass is 10.6. The number of hydrogen-bond acceptors (Lipinski definition) is 1. The average molecular weight is 174 g/mol. The second kappa shape index (κ2) is 2.97. The molecule has 0 amide bonds. The Hall–Kier alpha value is -1.32. The minimum Gasteiger partial charge on any atom is -0.293 e. The van der Waals surface area contributed by atoms with Gasteiger partial charge in [0.15, 0.2) is 0 Å². The summed E-state index contributed by atoms with van der Waals surface area (Å²) in [6, 6.07) is 8.48. The molecule has 0 atom stereocenters. The molecule has 0 N–H and O–H groups in total. The van der Waals surface area contributed by atoms with Crippen LogP contribution in [0.4, 0.5) is 13.2 Å². The van der Waals surface area contributed by atoms with Crippen molar-refractivity contribution in [2.45, 2.75) is 6.18 Å². The number of carbonyl (C=O) groups is 1. The third-order valence-corrected chi connectivity index (χ3v) is 1.25. The van der Waals surface area contributed by atoms with Crippen molar-refractivity contribution in [3.8, 4) is 11.1 Å². The van der Waals surface area contributed by atoms with Crippen LogP contribution in [0.1, 0.15) is 0 Å². The van der Waals surface area contributed by atoms with Gasteiger partial charge in [0.05, 0.1) is 0 Å². The van der Waals surface area contributed by atoms with Crippen LogP contribution in [-0.4, -0.2) is 12.5 Å². The lowest BCUT2D eigenvalue weighted by Gasteiger charge is -1.87. The molecule has 4 heteroatoms. The Labute approximate surface area is 66.8 Å². The molecule has 0 heterocycles. The van der Waals surface area contributed by atoms with E-state index in [0.29, 0.717) is 0 Å². The summed E-state index contributed by atoms with van der Waals surface area (Å²) in [4.78, 5) is 8.70. The Kier molecular flexibility index (Phi) is 2.17. The molecular weight excluding hydrogens is 169 g/mol. The summed E-state index contributed by atoms with van der Waals surface area (Å²) in [6.07, 6.45) is -5.70. The Morgan fingerprint density at radius 3 is 1.67 bits per heavy atom.